The predicted octanol–water partition coefficient (Wildman–Crippen LogP) is 1.61. The summed E-state index contributed by atoms with van der Waals surface area (Å²) in [5, 5.41) is 26.7. The Morgan fingerprint density at radius 1 is 1.19 bits per heavy atom. The van der Waals surface area contributed by atoms with Crippen LogP contribution in [0.2, 0.25) is 10.3 Å². The maximum Gasteiger partial charge on any atom is 0.350 e. The number of aryl methyl sites for hydroxylation is 1. The van der Waals surface area contributed by atoms with Crippen molar-refractivity contribution < 1.29 is 34.0 Å². The molecule has 37 heavy (non-hydrogen) atoms. The number of aromatic nitrogens is 4. The number of anilines is 1. The third-order valence-electron chi connectivity index (χ3n) is 7.32. The van der Waals surface area contributed by atoms with E-state index in [1.165, 1.54) is 15.8 Å². The van der Waals surface area contributed by atoms with Crippen LogP contribution in [0.25, 0.3) is 11.0 Å². The van der Waals surface area contributed by atoms with Crippen LogP contribution >= 0.6 is 30.8 Å². The molecule has 4 N–H and O–H groups in total. The minimum Gasteiger partial charge on any atom is -0.387 e. The number of rotatable bonds is 6. The normalized spacial score (nSPS) is 26.7. The molecule has 1 aromatic carbocycles. The number of benzene rings is 1. The molecule has 15 heteroatoms. The van der Waals surface area contributed by atoms with Gasteiger partial charge in [-0.1, -0.05) is 17.7 Å². The monoisotopic (exact) mass is 571 g/mol. The zero-order valence-corrected chi connectivity index (χ0v) is 21.7. The molecule has 0 unspecified atom stereocenters. The summed E-state index contributed by atoms with van der Waals surface area (Å²) in [5.41, 5.74) is 2.93. The summed E-state index contributed by atoms with van der Waals surface area (Å²) in [4.78, 5) is 28.8. The van der Waals surface area contributed by atoms with Crippen molar-refractivity contribution in [3.05, 3.63) is 45.8 Å². The van der Waals surface area contributed by atoms with Gasteiger partial charge in [-0.25, -0.2) is 4.68 Å². The minimum absolute atomic E-state index is 0.00151. The van der Waals surface area contributed by atoms with E-state index in [0.29, 0.717) is 16.9 Å². The molecule has 4 heterocycles. The largest absolute Gasteiger partial charge is 0.387 e. The third-order valence-corrected chi connectivity index (χ3v) is 8.25. The Bertz CT molecular complexity index is 1410. The van der Waals surface area contributed by atoms with E-state index >= 15 is 0 Å². The highest BCUT2D eigenvalue weighted by Gasteiger charge is 2.50. The number of halogens is 2. The van der Waals surface area contributed by atoms with E-state index < -0.39 is 38.5 Å². The lowest BCUT2D eigenvalue weighted by molar-refractivity contribution is -0.0658. The lowest BCUT2D eigenvalue weighted by Crippen LogP contribution is -2.58. The molecule has 4 atom stereocenters. The fourth-order valence-corrected chi connectivity index (χ4v) is 6.32. The first-order valence-corrected chi connectivity index (χ1v) is 14.2. The number of aliphatic hydroxyl groups excluding tert-OH is 2. The lowest BCUT2D eigenvalue weighted by Gasteiger charge is -2.49. The van der Waals surface area contributed by atoms with Crippen LogP contribution in [0.1, 0.15) is 23.8 Å². The molecule has 0 amide bonds. The molecule has 1 aliphatic carbocycles. The van der Waals surface area contributed by atoms with E-state index in [1.807, 2.05) is 12.1 Å². The van der Waals surface area contributed by atoms with Gasteiger partial charge in [-0.3, -0.25) is 4.57 Å². The summed E-state index contributed by atoms with van der Waals surface area (Å²) < 4.78 is 23.1. The van der Waals surface area contributed by atoms with E-state index in [9.17, 15) is 14.8 Å². The van der Waals surface area contributed by atoms with E-state index in [2.05, 4.69) is 26.0 Å². The number of hydrogen-bond donors (Lipinski definition) is 4. The number of aliphatic hydroxyl groups is 2. The summed E-state index contributed by atoms with van der Waals surface area (Å²) in [6.07, 6.45) is -2.19. The Labute approximate surface area is 220 Å². The summed E-state index contributed by atoms with van der Waals surface area (Å²) in [5.74, 6) is 0.615. The van der Waals surface area contributed by atoms with Gasteiger partial charge >= 0.3 is 7.60 Å². The summed E-state index contributed by atoms with van der Waals surface area (Å²) in [7, 11) is -4.38. The second-order valence-electron chi connectivity index (χ2n) is 9.79. The quantitative estimate of drug-likeness (QED) is 0.251. The fourth-order valence-electron chi connectivity index (χ4n) is 5.63. The molecule has 2 aromatic heterocycles. The molecule has 1 spiro atoms. The van der Waals surface area contributed by atoms with E-state index in [0.717, 1.165) is 31.0 Å². The molecular formula is C22H24Cl2N5O7P. The standard InChI is InChI=1S/C22H24Cl2N5O7P/c23-12-1-2-14-11(5-12)3-4-22(14)8-28(9-22)18-13-6-25-29(19(13)27-21(24)26-18)20-17(31)16(30)15(36-20)7-35-10-37(32,33)34/h1-2,5-6,15-17,20,30-31H,3-4,7-10H2,(H2,32,33,34)/t15-,16-,17-,20-/m1/s1. The van der Waals surface area contributed by atoms with Crippen molar-refractivity contribution in [2.24, 2.45) is 0 Å². The predicted molar refractivity (Wildman–Crippen MR) is 133 cm³/mol. The Balaban J connectivity index is 1.24. The average molecular weight is 572 g/mol. The molecular weight excluding hydrogens is 548 g/mol. The van der Waals surface area contributed by atoms with Gasteiger partial charge in [0.05, 0.1) is 18.2 Å². The van der Waals surface area contributed by atoms with E-state index in [4.69, 9.17) is 42.5 Å². The first-order chi connectivity index (χ1) is 17.5. The molecule has 0 bridgehead atoms. The Morgan fingerprint density at radius 3 is 2.73 bits per heavy atom. The van der Waals surface area contributed by atoms with Gasteiger partial charge in [0, 0.05) is 23.5 Å². The maximum absolute atomic E-state index is 11.0. The highest BCUT2D eigenvalue weighted by Crippen LogP contribution is 2.48. The van der Waals surface area contributed by atoms with Crippen molar-refractivity contribution in [3.8, 4) is 0 Å². The van der Waals surface area contributed by atoms with Crippen LogP contribution in [-0.2, 0) is 25.9 Å². The van der Waals surface area contributed by atoms with Crippen LogP contribution in [0.3, 0.4) is 0 Å². The van der Waals surface area contributed by atoms with Crippen LogP contribution in [0, 0.1) is 0 Å². The smallest absolute Gasteiger partial charge is 0.350 e. The number of nitrogens with zero attached hydrogens (tertiary/aromatic N) is 5. The van der Waals surface area contributed by atoms with Gasteiger partial charge in [-0.15, -0.1) is 0 Å². The van der Waals surface area contributed by atoms with Crippen molar-refractivity contribution in [2.75, 3.05) is 30.9 Å². The van der Waals surface area contributed by atoms with Gasteiger partial charge in [0.25, 0.3) is 0 Å². The second-order valence-corrected chi connectivity index (χ2v) is 12.2. The SMILES string of the molecule is O=P(O)(O)COC[C@H]1O[C@@H](n2ncc3c(N4CC5(CCc6cc(Cl)ccc65)C4)nc(Cl)nc32)[C@H](O)[C@@H]1O. The zero-order chi connectivity index (χ0) is 26.1. The van der Waals surface area contributed by atoms with Gasteiger partial charge in [0.2, 0.25) is 5.28 Å². The van der Waals surface area contributed by atoms with Crippen molar-refractivity contribution in [3.63, 3.8) is 0 Å². The number of ether oxygens (including phenoxy) is 2. The minimum atomic E-state index is -4.38. The van der Waals surface area contributed by atoms with Crippen molar-refractivity contribution in [1.82, 2.24) is 19.7 Å². The Kier molecular flexibility index (Phi) is 6.26. The molecule has 3 aromatic rings. The number of hydrogen-bond acceptors (Lipinski definition) is 9. The van der Waals surface area contributed by atoms with Crippen LogP contribution in [-0.4, -0.2) is 84.1 Å². The van der Waals surface area contributed by atoms with Gasteiger partial charge in [-0.05, 0) is 47.7 Å². The van der Waals surface area contributed by atoms with Gasteiger partial charge in [0.1, 0.15) is 30.5 Å². The topological polar surface area (TPSA) is 163 Å². The van der Waals surface area contributed by atoms with Gasteiger partial charge in [0.15, 0.2) is 11.9 Å². The average Bonchev–Trinajstić information content (AvgIpc) is 3.46. The van der Waals surface area contributed by atoms with Crippen LogP contribution < -0.4 is 4.90 Å². The molecule has 2 aliphatic heterocycles. The van der Waals surface area contributed by atoms with Gasteiger partial charge < -0.3 is 34.4 Å². The Hall–Kier alpha value is -1.86. The van der Waals surface area contributed by atoms with E-state index in [-0.39, 0.29) is 17.3 Å². The molecule has 12 nitrogen and oxygen atoms in total. The van der Waals surface area contributed by atoms with Gasteiger partial charge in [-0.2, -0.15) is 15.1 Å². The van der Waals surface area contributed by atoms with Crippen molar-refractivity contribution >= 4 is 47.6 Å². The number of fused-ring (bicyclic) bond motifs is 3. The molecule has 2 fully saturated rings. The summed E-state index contributed by atoms with van der Waals surface area (Å²) in [6.45, 7) is 1.16. The highest BCUT2D eigenvalue weighted by atomic mass is 35.5. The molecule has 6 rings (SSSR count). The molecule has 198 valence electrons. The fraction of sp³-hybridized carbons (Fsp3) is 0.500. The zero-order valence-electron chi connectivity index (χ0n) is 19.3. The highest BCUT2D eigenvalue weighted by molar-refractivity contribution is 7.51. The van der Waals surface area contributed by atoms with Crippen LogP contribution in [0.15, 0.2) is 24.4 Å². The lowest BCUT2D eigenvalue weighted by atomic mass is 9.75. The maximum atomic E-state index is 11.0. The Morgan fingerprint density at radius 2 is 1.97 bits per heavy atom. The summed E-state index contributed by atoms with van der Waals surface area (Å²) >= 11 is 12.5. The first-order valence-electron chi connectivity index (χ1n) is 11.6. The summed E-state index contributed by atoms with van der Waals surface area (Å²) in [6, 6.07) is 6.06. The second kappa shape index (κ2) is 9.11. The van der Waals surface area contributed by atoms with Crippen molar-refractivity contribution in [2.45, 2.75) is 42.8 Å². The van der Waals surface area contributed by atoms with Crippen LogP contribution in [0.4, 0.5) is 5.82 Å². The molecule has 0 saturated carbocycles. The van der Waals surface area contributed by atoms with E-state index in [1.54, 1.807) is 6.20 Å². The van der Waals surface area contributed by atoms with Crippen molar-refractivity contribution in [1.29, 1.82) is 0 Å². The first kappa shape index (κ1) is 25.4. The molecule has 0 radical (unpaired) electrons. The van der Waals surface area contributed by atoms with Crippen LogP contribution in [0.5, 0.6) is 0 Å². The third kappa shape index (κ3) is 4.44. The molecule has 3 aliphatic rings. The molecule has 2 saturated heterocycles.